The van der Waals surface area contributed by atoms with Gasteiger partial charge in [-0.25, -0.2) is 4.18 Å². The van der Waals surface area contributed by atoms with Crippen molar-refractivity contribution in [1.82, 2.24) is 21.3 Å². The van der Waals surface area contributed by atoms with Gasteiger partial charge in [-0.3, -0.25) is 23.7 Å². The van der Waals surface area contributed by atoms with Gasteiger partial charge in [-0.2, -0.15) is 8.42 Å². The van der Waals surface area contributed by atoms with Crippen LogP contribution in [0.4, 0.5) is 0 Å². The minimum absolute atomic E-state index is 0.316. The zero-order valence-corrected chi connectivity index (χ0v) is 54.3. The summed E-state index contributed by atoms with van der Waals surface area (Å²) in [6, 6.07) is 0. The molecule has 0 aromatic heterocycles. The summed E-state index contributed by atoms with van der Waals surface area (Å²) >= 11 is 0. The lowest BCUT2D eigenvalue weighted by molar-refractivity contribution is -0.521. The van der Waals surface area contributed by atoms with Crippen LogP contribution in [0.5, 0.6) is 0 Å². The third kappa shape index (κ3) is 10.2. The minimum Gasteiger partial charge on any atom is -0.393 e. The second-order valence-corrected chi connectivity index (χ2v) is 27.9. The number of amides is 4. The van der Waals surface area contributed by atoms with Gasteiger partial charge in [0.2, 0.25) is 23.6 Å². The topological polar surface area (TPSA) is 427 Å². The van der Waals surface area contributed by atoms with Gasteiger partial charge in [0, 0.05) is 20.8 Å². The molecule has 0 aromatic carbocycles. The van der Waals surface area contributed by atoms with E-state index in [9.17, 15) is 78.1 Å². The molecule has 4 rings (SSSR count). The van der Waals surface area contributed by atoms with Crippen molar-refractivity contribution in [2.45, 2.75) is 279 Å². The van der Waals surface area contributed by atoms with Crippen LogP contribution in [0.15, 0.2) is 24.3 Å². The van der Waals surface area contributed by atoms with E-state index in [2.05, 4.69) is 21.3 Å². The Bertz CT molecular complexity index is 2780. The number of aliphatic hydroxyl groups excluding tert-OH is 4. The van der Waals surface area contributed by atoms with E-state index in [1.54, 1.807) is 19.1 Å². The molecule has 85 heavy (non-hydrogen) atoms. The molecule has 29 heteroatoms. The maximum atomic E-state index is 14.0. The Morgan fingerprint density at radius 2 is 0.835 bits per heavy atom. The molecule has 4 aliphatic rings. The zero-order chi connectivity index (χ0) is 66.7. The molecule has 4 aliphatic heterocycles. The monoisotopic (exact) mass is 1240 g/mol. The highest BCUT2D eigenvalue weighted by atomic mass is 32.3. The maximum Gasteiger partial charge on any atom is 0.397 e. The molecule has 492 valence electrons. The van der Waals surface area contributed by atoms with Crippen LogP contribution in [0.25, 0.3) is 0 Å². The van der Waals surface area contributed by atoms with Gasteiger partial charge in [-0.1, -0.05) is 18.2 Å². The van der Waals surface area contributed by atoms with Gasteiger partial charge in [0.05, 0.1) is 19.8 Å². The highest BCUT2D eigenvalue weighted by molar-refractivity contribution is 7.80. The summed E-state index contributed by atoms with van der Waals surface area (Å²) in [4.78, 5) is 54.4. The average Bonchev–Trinajstić information content (AvgIpc) is 0.695. The SMILES string of the molecule is CC=CC/C=C/C(=O)N[C@@]1(C)C(C)(O)[C@](C)(O)C(C)(CO)O[C@@]1(C)O[C@]1(C)C(C)(CO)O[C@@](C)(O[C@]2(C)C(C)(CO)O[C@@](C)(O[C@]3(C)C(C)(COS(=O)(=O)O)OC(O)C(C)(NC(C)=O)[C@@]3(C)O)[C@@](C)(NC(C)=O)C2(C)O)[C@@](C)(NC(C)=O)C1(C)O. The molecule has 4 amide bonds. The van der Waals surface area contributed by atoms with Gasteiger partial charge in [-0.05, 0) is 151 Å². The number of aliphatic hydroxyl groups is 9. The van der Waals surface area contributed by atoms with Crippen molar-refractivity contribution in [1.29, 1.82) is 0 Å². The molecule has 28 nitrogen and oxygen atoms in total. The lowest BCUT2D eigenvalue weighted by Gasteiger charge is -2.74. The second-order valence-electron chi connectivity index (χ2n) is 26.8. The fourth-order valence-corrected chi connectivity index (χ4v) is 14.0. The fraction of sp³-hybridized carbons (Fsp3) is 0.857. The van der Waals surface area contributed by atoms with E-state index in [1.807, 2.05) is 0 Å². The number of allylic oxidation sites excluding steroid dienone is 3. The van der Waals surface area contributed by atoms with Crippen molar-refractivity contribution in [3.8, 4) is 0 Å². The van der Waals surface area contributed by atoms with Crippen molar-refractivity contribution in [2.75, 3.05) is 26.4 Å². The summed E-state index contributed by atoms with van der Waals surface area (Å²) in [5, 5.41) is 123. The quantitative estimate of drug-likeness (QED) is 0.0443. The largest absolute Gasteiger partial charge is 0.397 e. The molecule has 0 bridgehead atoms. The first-order chi connectivity index (χ1) is 37.7. The van der Waals surface area contributed by atoms with E-state index in [0.29, 0.717) is 6.42 Å². The Balaban J connectivity index is 2.12. The Labute approximate surface area is 498 Å². The van der Waals surface area contributed by atoms with Gasteiger partial charge in [0.15, 0.2) is 23.7 Å². The molecule has 0 aliphatic carbocycles. The summed E-state index contributed by atoms with van der Waals surface area (Å²) in [6.45, 7) is 22.9. The highest BCUT2D eigenvalue weighted by Crippen LogP contribution is 2.65. The molecule has 0 spiro atoms. The van der Waals surface area contributed by atoms with Gasteiger partial charge in [-0.15, -0.1) is 0 Å². The third-order valence-electron chi connectivity index (χ3n) is 21.6. The van der Waals surface area contributed by atoms with E-state index in [1.165, 1.54) is 89.2 Å². The van der Waals surface area contributed by atoms with Crippen LogP contribution in [0.1, 0.15) is 166 Å². The lowest BCUT2D eigenvalue weighted by Crippen LogP contribution is -2.95. The summed E-state index contributed by atoms with van der Waals surface area (Å²) in [5.74, 6) is -11.4. The predicted octanol–water partition coefficient (Wildman–Crippen LogP) is -0.432. The van der Waals surface area contributed by atoms with E-state index in [0.717, 1.165) is 75.3 Å². The van der Waals surface area contributed by atoms with Crippen molar-refractivity contribution >= 4 is 34.0 Å². The number of carbonyl (C=O) groups is 4. The van der Waals surface area contributed by atoms with E-state index in [-0.39, 0.29) is 0 Å². The molecular weight excluding hydrogens is 1140 g/mol. The molecule has 20 atom stereocenters. The first-order valence-electron chi connectivity index (χ1n) is 27.8. The van der Waals surface area contributed by atoms with Crippen LogP contribution in [-0.2, 0) is 66.9 Å². The number of carbonyl (C=O) groups excluding carboxylic acids is 4. The van der Waals surface area contributed by atoms with Gasteiger partial charge < -0.3 is 100 Å². The predicted molar refractivity (Wildman–Crippen MR) is 301 cm³/mol. The molecule has 4 heterocycles. The first-order valence-corrected chi connectivity index (χ1v) is 29.2. The Hall–Kier alpha value is -3.41. The summed E-state index contributed by atoms with van der Waals surface area (Å²) < 4.78 is 86.9. The number of hydrogen-bond acceptors (Lipinski definition) is 23. The average molecular weight is 1240 g/mol. The molecule has 0 saturated carbocycles. The maximum absolute atomic E-state index is 14.0. The van der Waals surface area contributed by atoms with Crippen LogP contribution in [0.2, 0.25) is 0 Å². The first kappa shape index (κ1) is 74.1. The van der Waals surface area contributed by atoms with E-state index in [4.69, 9.17) is 37.3 Å². The molecule has 14 N–H and O–H groups in total. The second kappa shape index (κ2) is 21.9. The van der Waals surface area contributed by atoms with Crippen LogP contribution >= 0.6 is 0 Å². The highest BCUT2D eigenvalue weighted by Gasteiger charge is 2.86. The summed E-state index contributed by atoms with van der Waals surface area (Å²) in [6.07, 6.45) is 4.29. The van der Waals surface area contributed by atoms with E-state index >= 15 is 0 Å². The van der Waals surface area contributed by atoms with Gasteiger partial charge >= 0.3 is 10.4 Å². The smallest absolute Gasteiger partial charge is 0.393 e. The van der Waals surface area contributed by atoms with Crippen LogP contribution in [0.3, 0.4) is 0 Å². The number of nitrogens with one attached hydrogen (secondary N) is 4. The molecule has 0 aromatic rings. The fourth-order valence-electron chi connectivity index (χ4n) is 13.6. The molecular formula is C56H98N4O24S. The van der Waals surface area contributed by atoms with Gasteiger partial charge in [0.1, 0.15) is 96.0 Å². The number of ether oxygens (including phenoxy) is 7. The standard InChI is InChI=1S/C56H98N4O24S/c1-24-25-26-27-28-36(67)60-43(10)48(15,71)46(13,69)38(5,29-61)79-54(43,21)82-51(18)39(6,30-62)80-55(22,44(11,49(51,16)72)58-34(3)65)83-52(19)40(7,31-63)81-56(23,45(12,50(52,17)73)59-35(4)66)84-53(20)41(8,32-77-85(74,75)76)78-37(68)42(9,47(53,14)70)57-33(2)64/h24-25,27-28,37,61-63,68-73H,26,29-32H2,1-23H3,(H,57,64)(H,58,65)(H,59,66)(H,60,67)(H,74,75,76)/b25-24?,28-27+/t37?,38?,39?,40?,41?,42?,43-,44-,45-,46+,47+,48?,49?,50?,51+,52+,53+,54-,55-,56-/m0/s1. The molecule has 4 saturated heterocycles. The molecule has 0 radical (unpaired) electrons. The Kier molecular flexibility index (Phi) is 19.1. The van der Waals surface area contributed by atoms with Crippen LogP contribution in [0, 0.1) is 0 Å². The van der Waals surface area contributed by atoms with E-state index < -0.39 is 173 Å². The number of rotatable bonds is 19. The van der Waals surface area contributed by atoms with Crippen LogP contribution < -0.4 is 21.3 Å². The van der Waals surface area contributed by atoms with Crippen molar-refractivity contribution in [3.63, 3.8) is 0 Å². The minimum atomic E-state index is -5.34. The van der Waals surface area contributed by atoms with Gasteiger partial charge in [0.25, 0.3) is 0 Å². The van der Waals surface area contributed by atoms with Crippen molar-refractivity contribution in [2.24, 2.45) is 0 Å². The number of hydrogen-bond donors (Lipinski definition) is 14. The summed E-state index contributed by atoms with van der Waals surface area (Å²) in [7, 11) is -5.34. The summed E-state index contributed by atoms with van der Waals surface area (Å²) in [5.41, 5.74) is -40.5. The molecule has 9 unspecified atom stereocenters. The van der Waals surface area contributed by atoms with Crippen molar-refractivity contribution < 1.29 is 115 Å². The van der Waals surface area contributed by atoms with Crippen molar-refractivity contribution in [3.05, 3.63) is 24.3 Å². The third-order valence-corrected chi connectivity index (χ3v) is 22.0. The zero-order valence-electron chi connectivity index (χ0n) is 53.5. The van der Waals surface area contributed by atoms with Crippen LogP contribution in [-0.4, -0.2) is 222 Å². The Morgan fingerprint density at radius 1 is 0.494 bits per heavy atom. The molecule has 4 fully saturated rings. The lowest BCUT2D eigenvalue weighted by atomic mass is 9.56. The Morgan fingerprint density at radius 3 is 1.16 bits per heavy atom. The normalized spacial score (nSPS) is 50.4.